The SMILES string of the molecule is Cc1ccc(NC(=O)COC(=O)[C@@H](NC(=O)c2ccccc2C)C(C)C)cc1Cl. The van der Waals surface area contributed by atoms with Gasteiger partial charge in [-0.1, -0.05) is 49.7 Å². The van der Waals surface area contributed by atoms with Gasteiger partial charge in [0.2, 0.25) is 0 Å². The van der Waals surface area contributed by atoms with Gasteiger partial charge in [0.25, 0.3) is 11.8 Å². The number of ether oxygens (including phenoxy) is 1. The highest BCUT2D eigenvalue weighted by molar-refractivity contribution is 6.31. The zero-order chi connectivity index (χ0) is 21.6. The third-order valence-electron chi connectivity index (χ3n) is 4.40. The van der Waals surface area contributed by atoms with Crippen LogP contribution in [0.2, 0.25) is 5.02 Å². The number of anilines is 1. The maximum absolute atomic E-state index is 12.5. The molecular formula is C22H25ClN2O4. The van der Waals surface area contributed by atoms with Gasteiger partial charge in [-0.3, -0.25) is 9.59 Å². The van der Waals surface area contributed by atoms with E-state index in [0.29, 0.717) is 16.3 Å². The summed E-state index contributed by atoms with van der Waals surface area (Å²) < 4.78 is 5.12. The molecule has 7 heteroatoms. The van der Waals surface area contributed by atoms with E-state index in [4.69, 9.17) is 16.3 Å². The lowest BCUT2D eigenvalue weighted by Crippen LogP contribution is -2.46. The molecule has 2 aromatic carbocycles. The summed E-state index contributed by atoms with van der Waals surface area (Å²) in [6.45, 7) is 6.79. The third kappa shape index (κ3) is 6.32. The standard InChI is InChI=1S/C22H25ClN2O4/c1-13(2)20(25-21(27)17-8-6-5-7-14(17)3)22(28)29-12-19(26)24-16-10-9-15(4)18(23)11-16/h5-11,13,20H,12H2,1-4H3,(H,24,26)(H,25,27)/t20-/m0/s1. The van der Waals surface area contributed by atoms with Crippen LogP contribution in [0.15, 0.2) is 42.5 Å². The number of hydrogen-bond acceptors (Lipinski definition) is 4. The first-order valence-electron chi connectivity index (χ1n) is 9.28. The molecule has 0 bridgehead atoms. The molecule has 0 radical (unpaired) electrons. The predicted molar refractivity (Wildman–Crippen MR) is 113 cm³/mol. The maximum Gasteiger partial charge on any atom is 0.329 e. The van der Waals surface area contributed by atoms with Crippen LogP contribution in [0.25, 0.3) is 0 Å². The van der Waals surface area contributed by atoms with Crippen molar-refractivity contribution in [3.8, 4) is 0 Å². The van der Waals surface area contributed by atoms with E-state index in [1.165, 1.54) is 0 Å². The van der Waals surface area contributed by atoms with E-state index in [2.05, 4.69) is 10.6 Å². The summed E-state index contributed by atoms with van der Waals surface area (Å²) in [6, 6.07) is 11.3. The summed E-state index contributed by atoms with van der Waals surface area (Å²) >= 11 is 6.03. The van der Waals surface area contributed by atoms with E-state index in [1.807, 2.05) is 26.0 Å². The van der Waals surface area contributed by atoms with Gasteiger partial charge in [-0.25, -0.2) is 4.79 Å². The molecule has 0 saturated carbocycles. The smallest absolute Gasteiger partial charge is 0.329 e. The number of rotatable bonds is 7. The fourth-order valence-electron chi connectivity index (χ4n) is 2.64. The number of benzene rings is 2. The van der Waals surface area contributed by atoms with Crippen molar-refractivity contribution >= 4 is 35.1 Å². The molecule has 0 aliphatic carbocycles. The average molecular weight is 417 g/mol. The lowest BCUT2D eigenvalue weighted by atomic mass is 10.0. The van der Waals surface area contributed by atoms with Gasteiger partial charge in [-0.15, -0.1) is 0 Å². The molecule has 154 valence electrons. The van der Waals surface area contributed by atoms with E-state index in [0.717, 1.165) is 11.1 Å². The quantitative estimate of drug-likeness (QED) is 0.670. The van der Waals surface area contributed by atoms with Crippen molar-refractivity contribution in [2.75, 3.05) is 11.9 Å². The van der Waals surface area contributed by atoms with E-state index in [9.17, 15) is 14.4 Å². The summed E-state index contributed by atoms with van der Waals surface area (Å²) in [6.07, 6.45) is 0. The molecule has 0 fully saturated rings. The van der Waals surface area contributed by atoms with Gasteiger partial charge in [0.15, 0.2) is 6.61 Å². The third-order valence-corrected chi connectivity index (χ3v) is 4.81. The van der Waals surface area contributed by atoms with Crippen LogP contribution in [-0.2, 0) is 14.3 Å². The van der Waals surface area contributed by atoms with Gasteiger partial charge in [0.05, 0.1) is 0 Å². The highest BCUT2D eigenvalue weighted by atomic mass is 35.5. The summed E-state index contributed by atoms with van der Waals surface area (Å²) in [5.74, 6) is -1.74. The van der Waals surface area contributed by atoms with Crippen LogP contribution in [0, 0.1) is 19.8 Å². The monoisotopic (exact) mass is 416 g/mol. The summed E-state index contributed by atoms with van der Waals surface area (Å²) in [5, 5.41) is 5.84. The van der Waals surface area contributed by atoms with E-state index in [1.54, 1.807) is 44.2 Å². The number of nitrogens with one attached hydrogen (secondary N) is 2. The molecule has 29 heavy (non-hydrogen) atoms. The molecule has 2 N–H and O–H groups in total. The Bertz CT molecular complexity index is 911. The van der Waals surface area contributed by atoms with Crippen molar-refractivity contribution in [2.45, 2.75) is 33.7 Å². The molecule has 2 amide bonds. The van der Waals surface area contributed by atoms with Crippen molar-refractivity contribution in [1.29, 1.82) is 0 Å². The molecule has 0 spiro atoms. The van der Waals surface area contributed by atoms with E-state index >= 15 is 0 Å². The van der Waals surface area contributed by atoms with Crippen LogP contribution in [-0.4, -0.2) is 30.4 Å². The van der Waals surface area contributed by atoms with E-state index in [-0.39, 0.29) is 11.8 Å². The average Bonchev–Trinajstić information content (AvgIpc) is 2.67. The largest absolute Gasteiger partial charge is 0.454 e. The van der Waals surface area contributed by atoms with E-state index < -0.39 is 24.5 Å². The number of aryl methyl sites for hydroxylation is 2. The van der Waals surface area contributed by atoms with Gasteiger partial charge in [0.1, 0.15) is 6.04 Å². The molecule has 0 aromatic heterocycles. The minimum atomic E-state index is -0.872. The lowest BCUT2D eigenvalue weighted by Gasteiger charge is -2.21. The fourth-order valence-corrected chi connectivity index (χ4v) is 2.82. The second-order valence-corrected chi connectivity index (χ2v) is 7.54. The summed E-state index contributed by atoms with van der Waals surface area (Å²) in [4.78, 5) is 37.0. The van der Waals surface area contributed by atoms with Crippen molar-refractivity contribution in [2.24, 2.45) is 5.92 Å². The first-order valence-corrected chi connectivity index (χ1v) is 9.66. The number of esters is 1. The Hall–Kier alpha value is -2.86. The predicted octanol–water partition coefficient (Wildman–Crippen LogP) is 3.89. The summed E-state index contributed by atoms with van der Waals surface area (Å²) in [7, 11) is 0. The molecule has 0 unspecified atom stereocenters. The second-order valence-electron chi connectivity index (χ2n) is 7.13. The number of carbonyl (C=O) groups excluding carboxylic acids is 3. The topological polar surface area (TPSA) is 84.5 Å². The van der Waals surface area contributed by atoms with Crippen molar-refractivity contribution in [3.05, 3.63) is 64.2 Å². The minimum Gasteiger partial charge on any atom is -0.454 e. The molecule has 0 saturated heterocycles. The van der Waals surface area contributed by atoms with Gasteiger partial charge in [-0.2, -0.15) is 0 Å². The molecule has 2 aromatic rings. The van der Waals surface area contributed by atoms with Crippen LogP contribution >= 0.6 is 11.6 Å². The first kappa shape index (κ1) is 22.4. The first-order chi connectivity index (χ1) is 13.7. The molecule has 2 rings (SSSR count). The van der Waals surface area contributed by atoms with Gasteiger partial charge in [0, 0.05) is 16.3 Å². The lowest BCUT2D eigenvalue weighted by molar-refractivity contribution is -0.150. The molecule has 0 aliphatic heterocycles. The Balaban J connectivity index is 1.95. The fraction of sp³-hybridized carbons (Fsp3) is 0.318. The Kier molecular flexibility index (Phi) is 7.79. The number of halogens is 1. The van der Waals surface area contributed by atoms with Crippen LogP contribution in [0.4, 0.5) is 5.69 Å². The Labute approximate surface area is 175 Å². The van der Waals surface area contributed by atoms with Crippen LogP contribution in [0.1, 0.15) is 35.3 Å². The highest BCUT2D eigenvalue weighted by Gasteiger charge is 2.27. The zero-order valence-electron chi connectivity index (χ0n) is 16.9. The number of hydrogen-bond donors (Lipinski definition) is 2. The molecule has 1 atom stereocenters. The number of amides is 2. The zero-order valence-corrected chi connectivity index (χ0v) is 17.7. The molecular weight excluding hydrogens is 392 g/mol. The van der Waals surface area contributed by atoms with Crippen molar-refractivity contribution < 1.29 is 19.1 Å². The van der Waals surface area contributed by atoms with Crippen LogP contribution < -0.4 is 10.6 Å². The number of carbonyl (C=O) groups is 3. The molecule has 0 aliphatic rings. The van der Waals surface area contributed by atoms with Gasteiger partial charge >= 0.3 is 5.97 Å². The van der Waals surface area contributed by atoms with Crippen LogP contribution in [0.3, 0.4) is 0 Å². The second kappa shape index (κ2) is 10.1. The van der Waals surface area contributed by atoms with Gasteiger partial charge < -0.3 is 15.4 Å². The normalized spacial score (nSPS) is 11.7. The Morgan fingerprint density at radius 3 is 2.34 bits per heavy atom. The van der Waals surface area contributed by atoms with Crippen molar-refractivity contribution in [3.63, 3.8) is 0 Å². The van der Waals surface area contributed by atoms with Crippen LogP contribution in [0.5, 0.6) is 0 Å². The molecule has 0 heterocycles. The summed E-state index contributed by atoms with van der Waals surface area (Å²) in [5.41, 5.74) is 2.69. The van der Waals surface area contributed by atoms with Gasteiger partial charge in [-0.05, 0) is 49.1 Å². The Morgan fingerprint density at radius 2 is 1.72 bits per heavy atom. The molecule has 6 nitrogen and oxygen atoms in total. The minimum absolute atomic E-state index is 0.213. The van der Waals surface area contributed by atoms with Crippen molar-refractivity contribution in [1.82, 2.24) is 5.32 Å². The Morgan fingerprint density at radius 1 is 1.03 bits per heavy atom. The highest BCUT2D eigenvalue weighted by Crippen LogP contribution is 2.19. The maximum atomic E-state index is 12.5.